The fourth-order valence-electron chi connectivity index (χ4n) is 3.36. The van der Waals surface area contributed by atoms with E-state index in [9.17, 15) is 4.79 Å². The fraction of sp³-hybridized carbons (Fsp3) is 0.579. The van der Waals surface area contributed by atoms with Crippen LogP contribution < -0.4 is 15.1 Å². The molecule has 0 radical (unpaired) electrons. The van der Waals surface area contributed by atoms with Gasteiger partial charge in [0.2, 0.25) is 5.91 Å². The number of nitrogens with one attached hydrogen (secondary N) is 1. The van der Waals surface area contributed by atoms with Crippen molar-refractivity contribution in [2.75, 3.05) is 42.3 Å². The molecule has 0 bridgehead atoms. The Bertz CT molecular complexity index is 763. The van der Waals surface area contributed by atoms with Crippen LogP contribution in [-0.2, 0) is 4.79 Å². The van der Waals surface area contributed by atoms with Gasteiger partial charge in [-0.2, -0.15) is 5.10 Å². The number of hydrogen-bond donors (Lipinski definition) is 1. The van der Waals surface area contributed by atoms with Crippen LogP contribution in [0.3, 0.4) is 0 Å². The number of amides is 1. The minimum atomic E-state index is 0.0430. The van der Waals surface area contributed by atoms with Crippen molar-refractivity contribution in [1.82, 2.24) is 19.7 Å². The predicted molar refractivity (Wildman–Crippen MR) is 107 cm³/mol. The quantitative estimate of drug-likeness (QED) is 0.841. The molecule has 146 valence electrons. The van der Waals surface area contributed by atoms with E-state index in [-0.39, 0.29) is 11.9 Å². The molecule has 1 aliphatic rings. The highest BCUT2D eigenvalue weighted by Crippen LogP contribution is 2.28. The third-order valence-corrected chi connectivity index (χ3v) is 4.76. The standard InChI is InChI=1S/C19H29N7O/c1-14(2)11-19(27)23-16-5-8-22-26(16)15-6-9-25(10-7-15)18-12-17(24(3)4)20-13-21-18/h5,8,12-15H,6-7,9-11H2,1-4H3,(H,23,27). The molecule has 2 aromatic heterocycles. The molecule has 8 heteroatoms. The lowest BCUT2D eigenvalue weighted by molar-refractivity contribution is -0.116. The van der Waals surface area contributed by atoms with Crippen molar-refractivity contribution < 1.29 is 4.79 Å². The molecule has 0 aromatic carbocycles. The Balaban J connectivity index is 1.62. The summed E-state index contributed by atoms with van der Waals surface area (Å²) in [4.78, 5) is 25.1. The average Bonchev–Trinajstić information content (AvgIpc) is 3.09. The second-order valence-corrected chi connectivity index (χ2v) is 7.65. The van der Waals surface area contributed by atoms with Gasteiger partial charge in [-0.1, -0.05) is 13.8 Å². The molecule has 3 rings (SSSR count). The van der Waals surface area contributed by atoms with E-state index in [2.05, 4.69) is 25.3 Å². The minimum absolute atomic E-state index is 0.0430. The molecule has 1 saturated heterocycles. The second-order valence-electron chi connectivity index (χ2n) is 7.65. The summed E-state index contributed by atoms with van der Waals surface area (Å²) in [5, 5.41) is 7.46. The van der Waals surface area contributed by atoms with Gasteiger partial charge < -0.3 is 15.1 Å². The van der Waals surface area contributed by atoms with Crippen LogP contribution in [-0.4, -0.2) is 52.8 Å². The van der Waals surface area contributed by atoms with Crippen LogP contribution in [0.2, 0.25) is 0 Å². The Morgan fingerprint density at radius 2 is 2.04 bits per heavy atom. The number of aromatic nitrogens is 4. The van der Waals surface area contributed by atoms with Crippen LogP contribution in [0.5, 0.6) is 0 Å². The zero-order valence-electron chi connectivity index (χ0n) is 16.6. The summed E-state index contributed by atoms with van der Waals surface area (Å²) in [6, 6.07) is 4.17. The fourth-order valence-corrected chi connectivity index (χ4v) is 3.36. The number of piperidine rings is 1. The number of rotatable bonds is 6. The maximum Gasteiger partial charge on any atom is 0.225 e. The SMILES string of the molecule is CC(C)CC(=O)Nc1ccnn1C1CCN(c2cc(N(C)C)ncn2)CC1. The summed E-state index contributed by atoms with van der Waals surface area (Å²) in [5.41, 5.74) is 0. The molecule has 1 amide bonds. The first kappa shape index (κ1) is 19.1. The van der Waals surface area contributed by atoms with E-state index < -0.39 is 0 Å². The lowest BCUT2D eigenvalue weighted by Crippen LogP contribution is -2.36. The summed E-state index contributed by atoms with van der Waals surface area (Å²) in [7, 11) is 3.95. The van der Waals surface area contributed by atoms with E-state index in [0.717, 1.165) is 43.4 Å². The summed E-state index contributed by atoms with van der Waals surface area (Å²) < 4.78 is 1.96. The first-order chi connectivity index (χ1) is 12.9. The van der Waals surface area contributed by atoms with E-state index >= 15 is 0 Å². The molecule has 3 heterocycles. The number of carbonyl (C=O) groups is 1. The zero-order chi connectivity index (χ0) is 19.4. The van der Waals surface area contributed by atoms with Crippen LogP contribution >= 0.6 is 0 Å². The monoisotopic (exact) mass is 371 g/mol. The van der Waals surface area contributed by atoms with Crippen LogP contribution in [0.4, 0.5) is 17.5 Å². The molecule has 2 aromatic rings. The van der Waals surface area contributed by atoms with Crippen LogP contribution in [0, 0.1) is 5.92 Å². The summed E-state index contributed by atoms with van der Waals surface area (Å²) in [6.45, 7) is 5.88. The van der Waals surface area contributed by atoms with Crippen molar-refractivity contribution in [2.24, 2.45) is 5.92 Å². The first-order valence-electron chi connectivity index (χ1n) is 9.51. The largest absolute Gasteiger partial charge is 0.363 e. The van der Waals surface area contributed by atoms with E-state index in [0.29, 0.717) is 12.3 Å². The second kappa shape index (κ2) is 8.37. The van der Waals surface area contributed by atoms with Gasteiger partial charge in [-0.3, -0.25) is 4.79 Å². The van der Waals surface area contributed by atoms with Gasteiger partial charge in [-0.15, -0.1) is 0 Å². The van der Waals surface area contributed by atoms with E-state index in [4.69, 9.17) is 0 Å². The Morgan fingerprint density at radius 1 is 1.30 bits per heavy atom. The van der Waals surface area contributed by atoms with Gasteiger partial charge in [0.25, 0.3) is 0 Å². The van der Waals surface area contributed by atoms with Crippen molar-refractivity contribution in [3.05, 3.63) is 24.7 Å². The number of hydrogen-bond acceptors (Lipinski definition) is 6. The number of carbonyl (C=O) groups excluding carboxylic acids is 1. The van der Waals surface area contributed by atoms with Crippen molar-refractivity contribution in [3.8, 4) is 0 Å². The highest BCUT2D eigenvalue weighted by atomic mass is 16.1. The van der Waals surface area contributed by atoms with E-state index in [1.807, 2.05) is 49.7 Å². The molecular formula is C19H29N7O. The maximum absolute atomic E-state index is 12.1. The molecule has 1 aliphatic heterocycles. The Hall–Kier alpha value is -2.64. The average molecular weight is 371 g/mol. The lowest BCUT2D eigenvalue weighted by atomic mass is 10.1. The molecule has 0 spiro atoms. The molecule has 0 atom stereocenters. The summed E-state index contributed by atoms with van der Waals surface area (Å²) >= 11 is 0. The van der Waals surface area contributed by atoms with Crippen LogP contribution in [0.1, 0.15) is 39.2 Å². The van der Waals surface area contributed by atoms with Gasteiger partial charge in [0.15, 0.2) is 0 Å². The molecule has 8 nitrogen and oxygen atoms in total. The zero-order valence-corrected chi connectivity index (χ0v) is 16.6. The Morgan fingerprint density at radius 3 is 2.70 bits per heavy atom. The highest BCUT2D eigenvalue weighted by molar-refractivity contribution is 5.89. The van der Waals surface area contributed by atoms with Gasteiger partial charge in [0.1, 0.15) is 23.8 Å². The van der Waals surface area contributed by atoms with Crippen LogP contribution in [0.25, 0.3) is 0 Å². The summed E-state index contributed by atoms with van der Waals surface area (Å²) in [5.74, 6) is 3.03. The van der Waals surface area contributed by atoms with Crippen molar-refractivity contribution in [2.45, 2.75) is 39.2 Å². The van der Waals surface area contributed by atoms with Gasteiger partial charge >= 0.3 is 0 Å². The summed E-state index contributed by atoms with van der Waals surface area (Å²) in [6.07, 6.45) is 5.80. The molecule has 1 fully saturated rings. The third kappa shape index (κ3) is 4.75. The van der Waals surface area contributed by atoms with Gasteiger partial charge in [0.05, 0.1) is 12.2 Å². The third-order valence-electron chi connectivity index (χ3n) is 4.76. The molecule has 0 unspecified atom stereocenters. The number of nitrogens with zero attached hydrogens (tertiary/aromatic N) is 6. The van der Waals surface area contributed by atoms with Gasteiger partial charge in [0, 0.05) is 45.7 Å². The lowest BCUT2D eigenvalue weighted by Gasteiger charge is -2.33. The molecule has 1 N–H and O–H groups in total. The topological polar surface area (TPSA) is 79.2 Å². The number of anilines is 3. The molecule has 27 heavy (non-hydrogen) atoms. The smallest absolute Gasteiger partial charge is 0.225 e. The molecule has 0 aliphatic carbocycles. The van der Waals surface area contributed by atoms with Crippen molar-refractivity contribution in [1.29, 1.82) is 0 Å². The van der Waals surface area contributed by atoms with Crippen molar-refractivity contribution in [3.63, 3.8) is 0 Å². The minimum Gasteiger partial charge on any atom is -0.363 e. The van der Waals surface area contributed by atoms with Crippen molar-refractivity contribution >= 4 is 23.4 Å². The van der Waals surface area contributed by atoms with Gasteiger partial charge in [-0.05, 0) is 18.8 Å². The van der Waals surface area contributed by atoms with E-state index in [1.54, 1.807) is 12.5 Å². The molecular weight excluding hydrogens is 342 g/mol. The normalized spacial score (nSPS) is 15.2. The Kier molecular flexibility index (Phi) is 5.93. The van der Waals surface area contributed by atoms with Gasteiger partial charge in [-0.25, -0.2) is 14.6 Å². The molecule has 0 saturated carbocycles. The highest BCUT2D eigenvalue weighted by Gasteiger charge is 2.24. The van der Waals surface area contributed by atoms with Crippen LogP contribution in [0.15, 0.2) is 24.7 Å². The predicted octanol–water partition coefficient (Wildman–Crippen LogP) is 2.57. The first-order valence-corrected chi connectivity index (χ1v) is 9.51. The Labute approximate surface area is 160 Å². The maximum atomic E-state index is 12.1. The van der Waals surface area contributed by atoms with E-state index in [1.165, 1.54) is 0 Å².